The van der Waals surface area contributed by atoms with E-state index in [9.17, 15) is 4.79 Å². The first-order valence-corrected chi connectivity index (χ1v) is 9.95. The second-order valence-corrected chi connectivity index (χ2v) is 7.63. The number of fused-ring (bicyclic) bond motifs is 2. The number of carbonyl (C=O) groups excluding carboxylic acids is 1. The van der Waals surface area contributed by atoms with Crippen molar-refractivity contribution in [3.8, 4) is 11.5 Å². The topological polar surface area (TPSA) is 54.6 Å². The van der Waals surface area contributed by atoms with E-state index in [0.717, 1.165) is 53.0 Å². The fourth-order valence-corrected chi connectivity index (χ4v) is 4.56. The third-order valence-electron chi connectivity index (χ3n) is 5.83. The highest BCUT2D eigenvalue weighted by Crippen LogP contribution is 2.38. The molecule has 1 saturated heterocycles. The summed E-state index contributed by atoms with van der Waals surface area (Å²) in [6.07, 6.45) is 2.15. The molecule has 3 aromatic rings. The first-order valence-electron chi connectivity index (χ1n) is 9.95. The van der Waals surface area contributed by atoms with Crippen molar-refractivity contribution in [2.24, 2.45) is 0 Å². The van der Waals surface area contributed by atoms with Gasteiger partial charge in [0.25, 0.3) is 0 Å². The van der Waals surface area contributed by atoms with Crippen LogP contribution in [0.3, 0.4) is 0 Å². The van der Waals surface area contributed by atoms with Gasteiger partial charge in [-0.15, -0.1) is 0 Å². The van der Waals surface area contributed by atoms with Crippen molar-refractivity contribution < 1.29 is 14.3 Å². The van der Waals surface area contributed by atoms with E-state index in [1.165, 1.54) is 5.56 Å². The van der Waals surface area contributed by atoms with Gasteiger partial charge in [0.1, 0.15) is 13.2 Å². The molecule has 1 fully saturated rings. The monoisotopic (exact) mass is 376 g/mol. The van der Waals surface area contributed by atoms with E-state index in [-0.39, 0.29) is 11.8 Å². The van der Waals surface area contributed by atoms with Gasteiger partial charge < -0.3 is 14.5 Å². The van der Waals surface area contributed by atoms with Crippen LogP contribution >= 0.6 is 0 Å². The van der Waals surface area contributed by atoms with E-state index in [1.54, 1.807) is 0 Å². The number of H-pyrrole nitrogens is 1. The molecule has 5 heteroatoms. The molecule has 0 spiro atoms. The van der Waals surface area contributed by atoms with Gasteiger partial charge in [-0.1, -0.05) is 24.3 Å². The second kappa shape index (κ2) is 6.99. The lowest BCUT2D eigenvalue weighted by molar-refractivity contribution is 0.0922. The number of ether oxygens (including phenoxy) is 2. The van der Waals surface area contributed by atoms with Crippen LogP contribution in [0.25, 0.3) is 10.9 Å². The highest BCUT2D eigenvalue weighted by Gasteiger charge is 2.30. The van der Waals surface area contributed by atoms with Crippen molar-refractivity contribution in [1.29, 1.82) is 0 Å². The van der Waals surface area contributed by atoms with E-state index in [0.29, 0.717) is 19.8 Å². The molecular weight excluding hydrogens is 352 g/mol. The van der Waals surface area contributed by atoms with Gasteiger partial charge in [-0.25, -0.2) is 0 Å². The maximum atomic E-state index is 13.2. The summed E-state index contributed by atoms with van der Waals surface area (Å²) < 4.78 is 11.4. The molecule has 0 aliphatic carbocycles. The Labute approximate surface area is 164 Å². The Morgan fingerprint density at radius 3 is 2.86 bits per heavy atom. The molecule has 0 saturated carbocycles. The van der Waals surface area contributed by atoms with Crippen molar-refractivity contribution in [2.75, 3.05) is 26.3 Å². The Morgan fingerprint density at radius 2 is 1.96 bits per heavy atom. The lowest BCUT2D eigenvalue weighted by Crippen LogP contribution is -2.30. The van der Waals surface area contributed by atoms with Gasteiger partial charge in [0.15, 0.2) is 17.3 Å². The molecule has 1 N–H and O–H groups in total. The largest absolute Gasteiger partial charge is 0.486 e. The standard InChI is InChI=1S/C23H24N2O3/c1-15-23(17-5-2-3-6-18(17)24-15)20(26)14-25-10-4-7-19(25)16-8-9-21-22(13-16)28-12-11-27-21/h2-3,5-6,8-9,13,19,24H,4,7,10-12,14H2,1H3/t19-/m1/s1. The highest BCUT2D eigenvalue weighted by molar-refractivity contribution is 6.10. The zero-order valence-corrected chi connectivity index (χ0v) is 16.0. The maximum Gasteiger partial charge on any atom is 0.179 e. The molecule has 0 bridgehead atoms. The average molecular weight is 376 g/mol. The lowest BCUT2D eigenvalue weighted by Gasteiger charge is -2.26. The minimum absolute atomic E-state index is 0.180. The van der Waals surface area contributed by atoms with Gasteiger partial charge in [-0.2, -0.15) is 0 Å². The minimum Gasteiger partial charge on any atom is -0.486 e. The SMILES string of the molecule is Cc1[nH]c2ccccc2c1C(=O)CN1CCC[C@@H]1c1ccc2c(c1)OCCO2. The molecule has 28 heavy (non-hydrogen) atoms. The number of hydrogen-bond acceptors (Lipinski definition) is 4. The van der Waals surface area contributed by atoms with Gasteiger partial charge in [0.05, 0.1) is 6.54 Å². The molecule has 5 rings (SSSR count). The van der Waals surface area contributed by atoms with Crippen molar-refractivity contribution in [1.82, 2.24) is 9.88 Å². The molecule has 1 atom stereocenters. The van der Waals surface area contributed by atoms with Crippen molar-refractivity contribution >= 4 is 16.7 Å². The van der Waals surface area contributed by atoms with Gasteiger partial charge in [-0.3, -0.25) is 9.69 Å². The fraction of sp³-hybridized carbons (Fsp3) is 0.348. The van der Waals surface area contributed by atoms with E-state index in [1.807, 2.05) is 37.3 Å². The summed E-state index contributed by atoms with van der Waals surface area (Å²) in [5, 5.41) is 1.01. The second-order valence-electron chi connectivity index (χ2n) is 7.63. The predicted octanol–water partition coefficient (Wildman–Crippen LogP) is 4.27. The summed E-state index contributed by atoms with van der Waals surface area (Å²) in [5.41, 5.74) is 3.99. The van der Waals surface area contributed by atoms with Crippen LogP contribution in [-0.4, -0.2) is 42.0 Å². The first kappa shape index (κ1) is 17.3. The third kappa shape index (κ3) is 2.96. The predicted molar refractivity (Wildman–Crippen MR) is 108 cm³/mol. The summed E-state index contributed by atoms with van der Waals surface area (Å²) >= 11 is 0. The maximum absolute atomic E-state index is 13.2. The number of likely N-dealkylation sites (tertiary alicyclic amines) is 1. The fourth-order valence-electron chi connectivity index (χ4n) is 4.56. The van der Waals surface area contributed by atoms with Gasteiger partial charge >= 0.3 is 0 Å². The smallest absolute Gasteiger partial charge is 0.179 e. The highest BCUT2D eigenvalue weighted by atomic mass is 16.6. The molecule has 0 unspecified atom stereocenters. The van der Waals surface area contributed by atoms with E-state index < -0.39 is 0 Å². The minimum atomic E-state index is 0.180. The van der Waals surface area contributed by atoms with Gasteiger partial charge in [-0.05, 0) is 50.1 Å². The van der Waals surface area contributed by atoms with Crippen molar-refractivity contribution in [3.63, 3.8) is 0 Å². The van der Waals surface area contributed by atoms with Crippen LogP contribution in [0, 0.1) is 6.92 Å². The molecule has 2 aliphatic rings. The average Bonchev–Trinajstić information content (AvgIpc) is 3.30. The van der Waals surface area contributed by atoms with E-state index >= 15 is 0 Å². The van der Waals surface area contributed by atoms with Crippen molar-refractivity contribution in [2.45, 2.75) is 25.8 Å². The summed E-state index contributed by atoms with van der Waals surface area (Å²) in [6.45, 7) is 4.53. The van der Waals surface area contributed by atoms with Gasteiger partial charge in [0.2, 0.25) is 0 Å². The number of nitrogens with zero attached hydrogens (tertiary/aromatic N) is 1. The van der Waals surface area contributed by atoms with Crippen LogP contribution < -0.4 is 9.47 Å². The number of Topliss-reactive ketones (excluding diaryl/α,β-unsaturated/α-hetero) is 1. The third-order valence-corrected chi connectivity index (χ3v) is 5.83. The lowest BCUT2D eigenvalue weighted by atomic mass is 10.0. The van der Waals surface area contributed by atoms with Crippen LogP contribution in [0.5, 0.6) is 11.5 Å². The molecule has 0 radical (unpaired) electrons. The normalized spacial score (nSPS) is 19.2. The number of benzene rings is 2. The van der Waals surface area contributed by atoms with Crippen molar-refractivity contribution in [3.05, 3.63) is 59.3 Å². The van der Waals surface area contributed by atoms with Gasteiger partial charge in [0, 0.05) is 28.2 Å². The Kier molecular flexibility index (Phi) is 4.32. The number of nitrogens with one attached hydrogen (secondary N) is 1. The van der Waals surface area contributed by atoms with Crippen LogP contribution in [0.2, 0.25) is 0 Å². The molecule has 1 aromatic heterocycles. The quantitative estimate of drug-likeness (QED) is 0.691. The summed E-state index contributed by atoms with van der Waals surface area (Å²) in [7, 11) is 0. The summed E-state index contributed by atoms with van der Waals surface area (Å²) in [5.74, 6) is 1.80. The number of ketones is 1. The number of para-hydroxylation sites is 1. The molecular formula is C23H24N2O3. The molecule has 144 valence electrons. The number of aromatic nitrogens is 1. The Bertz CT molecular complexity index is 1040. The van der Waals surface area contributed by atoms with Crippen LogP contribution in [0.15, 0.2) is 42.5 Å². The molecule has 2 aromatic carbocycles. The number of carbonyl (C=O) groups is 1. The van der Waals surface area contributed by atoms with Crippen LogP contribution in [0.4, 0.5) is 0 Å². The molecule has 3 heterocycles. The molecule has 0 amide bonds. The zero-order chi connectivity index (χ0) is 19.1. The first-order chi connectivity index (χ1) is 13.7. The zero-order valence-electron chi connectivity index (χ0n) is 16.0. The van der Waals surface area contributed by atoms with E-state index in [2.05, 4.69) is 22.0 Å². The van der Waals surface area contributed by atoms with Crippen LogP contribution in [0.1, 0.15) is 40.5 Å². The van der Waals surface area contributed by atoms with E-state index in [4.69, 9.17) is 9.47 Å². The molecule has 5 nitrogen and oxygen atoms in total. The summed E-state index contributed by atoms with van der Waals surface area (Å²) in [6, 6.07) is 14.4. The number of hydrogen-bond donors (Lipinski definition) is 1. The number of aromatic amines is 1. The number of aryl methyl sites for hydroxylation is 1. The Hall–Kier alpha value is -2.79. The number of rotatable bonds is 4. The Morgan fingerprint density at radius 1 is 1.14 bits per heavy atom. The van der Waals surface area contributed by atoms with Crippen LogP contribution in [-0.2, 0) is 0 Å². The Balaban J connectivity index is 1.40. The summed E-state index contributed by atoms with van der Waals surface area (Å²) in [4.78, 5) is 18.8. The molecule has 2 aliphatic heterocycles.